The fourth-order valence-electron chi connectivity index (χ4n) is 8.26. The number of likely N-dealkylation sites (tertiary alicyclic amines) is 1. The molecular formula is C31H39ClN8. The number of halogens is 1. The van der Waals surface area contributed by atoms with Gasteiger partial charge in [-0.25, -0.2) is 4.98 Å². The molecule has 5 fully saturated rings. The summed E-state index contributed by atoms with van der Waals surface area (Å²) in [6, 6.07) is 13.5. The molecule has 40 heavy (non-hydrogen) atoms. The van der Waals surface area contributed by atoms with E-state index in [9.17, 15) is 5.26 Å². The lowest BCUT2D eigenvalue weighted by Crippen LogP contribution is -2.61. The first-order chi connectivity index (χ1) is 19.5. The number of piperidine rings is 1. The highest BCUT2D eigenvalue weighted by molar-refractivity contribution is 6.31. The Hall–Kier alpha value is -2.91. The van der Waals surface area contributed by atoms with E-state index in [1.54, 1.807) is 6.20 Å². The molecule has 2 aromatic rings. The van der Waals surface area contributed by atoms with Crippen molar-refractivity contribution in [2.45, 2.75) is 70.0 Å². The number of hydrogen-bond acceptors (Lipinski definition) is 8. The maximum Gasteiger partial charge on any atom is 0.224 e. The van der Waals surface area contributed by atoms with E-state index < -0.39 is 0 Å². The Morgan fingerprint density at radius 2 is 1.82 bits per heavy atom. The summed E-state index contributed by atoms with van der Waals surface area (Å²) in [5.41, 5.74) is 1.74. The number of hydrogen-bond donors (Lipinski definition) is 3. The Morgan fingerprint density at radius 1 is 1.05 bits per heavy atom. The topological polar surface area (TPSA) is 113 Å². The van der Waals surface area contributed by atoms with Crippen molar-refractivity contribution in [2.24, 2.45) is 23.2 Å². The first-order valence-corrected chi connectivity index (χ1v) is 15.3. The molecule has 4 bridgehead atoms. The quantitative estimate of drug-likeness (QED) is 0.365. The Morgan fingerprint density at radius 3 is 2.55 bits per heavy atom. The molecule has 1 aliphatic heterocycles. The highest BCUT2D eigenvalue weighted by Gasteiger charge is 2.55. The van der Waals surface area contributed by atoms with E-state index in [4.69, 9.17) is 16.9 Å². The van der Waals surface area contributed by atoms with Crippen molar-refractivity contribution in [1.29, 1.82) is 10.5 Å². The zero-order valence-electron chi connectivity index (χ0n) is 23.1. The van der Waals surface area contributed by atoms with Crippen LogP contribution in [0.4, 0.5) is 11.8 Å². The van der Waals surface area contributed by atoms with Gasteiger partial charge in [0.25, 0.3) is 0 Å². The minimum Gasteiger partial charge on any atom is -0.368 e. The van der Waals surface area contributed by atoms with Crippen LogP contribution in [0.3, 0.4) is 0 Å². The molecule has 0 radical (unpaired) electrons. The van der Waals surface area contributed by atoms with Crippen molar-refractivity contribution in [3.63, 3.8) is 0 Å². The second-order valence-corrected chi connectivity index (χ2v) is 13.0. The van der Waals surface area contributed by atoms with Crippen LogP contribution in [0.2, 0.25) is 5.02 Å². The summed E-state index contributed by atoms with van der Waals surface area (Å²) in [4.78, 5) is 11.5. The molecule has 1 aromatic heterocycles. The van der Waals surface area contributed by atoms with Crippen LogP contribution in [0, 0.1) is 45.8 Å². The molecule has 5 aliphatic rings. The van der Waals surface area contributed by atoms with E-state index >= 15 is 0 Å². The summed E-state index contributed by atoms with van der Waals surface area (Å²) in [7, 11) is 0. The average molecular weight is 559 g/mol. The summed E-state index contributed by atoms with van der Waals surface area (Å²) in [6.45, 7) is 4.50. The van der Waals surface area contributed by atoms with Crippen molar-refractivity contribution >= 4 is 23.4 Å². The third kappa shape index (κ3) is 5.91. The number of aromatic nitrogens is 2. The largest absolute Gasteiger partial charge is 0.368 e. The van der Waals surface area contributed by atoms with Crippen LogP contribution < -0.4 is 16.0 Å². The smallest absolute Gasteiger partial charge is 0.224 e. The first-order valence-electron chi connectivity index (χ1n) is 14.9. The molecule has 5 atom stereocenters. The van der Waals surface area contributed by atoms with Gasteiger partial charge in [-0.2, -0.15) is 15.5 Å². The van der Waals surface area contributed by atoms with Crippen LogP contribution in [0.15, 0.2) is 30.5 Å². The van der Waals surface area contributed by atoms with Crippen LogP contribution >= 0.6 is 11.6 Å². The lowest BCUT2D eigenvalue weighted by Gasteiger charge is -2.61. The summed E-state index contributed by atoms with van der Waals surface area (Å²) in [5, 5.41) is 30.3. The van der Waals surface area contributed by atoms with Crippen LogP contribution in [0.1, 0.15) is 62.5 Å². The second kappa shape index (κ2) is 11.9. The number of nitrogens with zero attached hydrogens (tertiary/aromatic N) is 5. The van der Waals surface area contributed by atoms with E-state index in [0.717, 1.165) is 49.5 Å². The number of nitrogens with one attached hydrogen (secondary N) is 3. The van der Waals surface area contributed by atoms with Crippen LogP contribution in [-0.2, 0) is 6.54 Å². The standard InChI is InChI=1S/C31H39ClN8/c32-27-5-2-1-4-22(27)18-35-30-36-19-25(17-34)29(39-30)37-20-31-14-21-12-23(15-31)28(24(13-21)16-31)38-26-6-10-40(11-7-26)9-3-8-33/h1-2,4-5,19,21,23-24,26,28,38H,3,6-7,9-16,18,20H2,(H2,35,36,37,39)/t21?,23-,24+,28-,31-. The van der Waals surface area contributed by atoms with Gasteiger partial charge in [0.1, 0.15) is 17.5 Å². The number of rotatable bonds is 10. The Labute approximate surface area is 242 Å². The first kappa shape index (κ1) is 27.3. The van der Waals surface area contributed by atoms with Crippen LogP contribution in [0.5, 0.6) is 0 Å². The summed E-state index contributed by atoms with van der Waals surface area (Å²) in [5.74, 6) is 3.40. The molecule has 0 amide bonds. The van der Waals surface area contributed by atoms with E-state index in [1.165, 1.54) is 44.9 Å². The molecule has 0 spiro atoms. The maximum absolute atomic E-state index is 9.73. The number of nitriles is 2. The Balaban J connectivity index is 1.07. The van der Waals surface area contributed by atoms with Gasteiger partial charge in [0.05, 0.1) is 12.3 Å². The van der Waals surface area contributed by atoms with E-state index in [0.29, 0.717) is 47.4 Å². The average Bonchev–Trinajstić information content (AvgIpc) is 2.97. The SMILES string of the molecule is N#CCCN1CCC(N[C@@H]2[C@@H]3CC4C[C@H]2C[C@@](CNc2nc(NCc5ccccc5Cl)ncc2C#N)(C4)C3)CC1. The van der Waals surface area contributed by atoms with Gasteiger partial charge < -0.3 is 20.9 Å². The Kier molecular flexibility index (Phi) is 8.12. The summed E-state index contributed by atoms with van der Waals surface area (Å²) in [6.07, 6.45) is 11.1. The minimum atomic E-state index is 0.276. The predicted octanol–water partition coefficient (Wildman–Crippen LogP) is 5.19. The van der Waals surface area contributed by atoms with Gasteiger partial charge in [-0.05, 0) is 92.8 Å². The van der Waals surface area contributed by atoms with Gasteiger partial charge in [0, 0.05) is 43.2 Å². The molecule has 210 valence electrons. The third-order valence-electron chi connectivity index (χ3n) is 9.89. The lowest BCUT2D eigenvalue weighted by atomic mass is 9.48. The van der Waals surface area contributed by atoms with Gasteiger partial charge in [0.2, 0.25) is 5.95 Å². The van der Waals surface area contributed by atoms with Crippen molar-refractivity contribution in [3.8, 4) is 12.1 Å². The van der Waals surface area contributed by atoms with Gasteiger partial charge in [-0.3, -0.25) is 0 Å². The molecule has 4 aliphatic carbocycles. The molecule has 2 heterocycles. The predicted molar refractivity (Wildman–Crippen MR) is 157 cm³/mol. The van der Waals surface area contributed by atoms with Gasteiger partial charge in [-0.15, -0.1) is 0 Å². The summed E-state index contributed by atoms with van der Waals surface area (Å²) >= 11 is 6.30. The molecule has 8 nitrogen and oxygen atoms in total. The van der Waals surface area contributed by atoms with Crippen molar-refractivity contribution in [1.82, 2.24) is 20.2 Å². The zero-order chi connectivity index (χ0) is 27.5. The highest BCUT2D eigenvalue weighted by Crippen LogP contribution is 2.60. The monoisotopic (exact) mass is 558 g/mol. The molecule has 9 heteroatoms. The summed E-state index contributed by atoms with van der Waals surface area (Å²) < 4.78 is 0. The fraction of sp³-hybridized carbons (Fsp3) is 0.613. The molecule has 7 rings (SSSR count). The van der Waals surface area contributed by atoms with E-state index in [2.05, 4.69) is 43.0 Å². The molecule has 3 N–H and O–H groups in total. The number of benzene rings is 1. The molecule has 1 aromatic carbocycles. The van der Waals surface area contributed by atoms with Crippen molar-refractivity contribution < 1.29 is 0 Å². The highest BCUT2D eigenvalue weighted by atomic mass is 35.5. The normalized spacial score (nSPS) is 29.6. The van der Waals surface area contributed by atoms with Crippen molar-refractivity contribution in [3.05, 3.63) is 46.6 Å². The molecule has 1 saturated heterocycles. The Bertz CT molecular complexity index is 1260. The second-order valence-electron chi connectivity index (χ2n) is 12.6. The maximum atomic E-state index is 9.73. The number of anilines is 2. The minimum absolute atomic E-state index is 0.276. The lowest BCUT2D eigenvalue weighted by molar-refractivity contribution is -0.0734. The molecular weight excluding hydrogens is 520 g/mol. The van der Waals surface area contributed by atoms with Gasteiger partial charge in [0.15, 0.2) is 0 Å². The van der Waals surface area contributed by atoms with Gasteiger partial charge >= 0.3 is 0 Å². The zero-order valence-corrected chi connectivity index (χ0v) is 23.8. The fourth-order valence-corrected chi connectivity index (χ4v) is 8.46. The van der Waals surface area contributed by atoms with E-state index in [1.807, 2.05) is 24.3 Å². The van der Waals surface area contributed by atoms with Gasteiger partial charge in [-0.1, -0.05) is 29.8 Å². The third-order valence-corrected chi connectivity index (χ3v) is 10.3. The van der Waals surface area contributed by atoms with Crippen LogP contribution in [-0.4, -0.2) is 53.1 Å². The van der Waals surface area contributed by atoms with Crippen molar-refractivity contribution in [2.75, 3.05) is 36.8 Å². The molecule has 4 saturated carbocycles. The molecule has 1 unspecified atom stereocenters. The van der Waals surface area contributed by atoms with Crippen LogP contribution in [0.25, 0.3) is 0 Å². The van der Waals surface area contributed by atoms with E-state index in [-0.39, 0.29) is 5.41 Å².